The maximum atomic E-state index is 13.1. The zero-order valence-corrected chi connectivity index (χ0v) is 13.4. The van der Waals surface area contributed by atoms with Crippen LogP contribution in [0.1, 0.15) is 29.7 Å². The molecule has 6 heteroatoms. The van der Waals surface area contributed by atoms with Crippen LogP contribution in [0.15, 0.2) is 71.2 Å². The van der Waals surface area contributed by atoms with E-state index in [4.69, 9.17) is 4.42 Å². The van der Waals surface area contributed by atoms with Gasteiger partial charge in [0.1, 0.15) is 23.9 Å². The van der Waals surface area contributed by atoms with E-state index in [0.29, 0.717) is 12.4 Å². The van der Waals surface area contributed by atoms with E-state index in [1.165, 1.54) is 6.33 Å². The van der Waals surface area contributed by atoms with Gasteiger partial charge in [-0.3, -0.25) is 4.79 Å². The number of anilines is 1. The molecule has 0 amide bonds. The first-order valence-electron chi connectivity index (χ1n) is 8.30. The van der Waals surface area contributed by atoms with E-state index < -0.39 is 0 Å². The number of ketones is 1. The van der Waals surface area contributed by atoms with Gasteiger partial charge in [-0.25, -0.2) is 4.68 Å². The zero-order chi connectivity index (χ0) is 16.8. The van der Waals surface area contributed by atoms with Crippen LogP contribution >= 0.6 is 0 Å². The average Bonchev–Trinajstić information content (AvgIpc) is 3.32. The second kappa shape index (κ2) is 5.44. The summed E-state index contributed by atoms with van der Waals surface area (Å²) in [6.45, 7) is 0. The number of hydrogen-bond acceptors (Lipinski definition) is 5. The van der Waals surface area contributed by atoms with Crippen LogP contribution in [-0.4, -0.2) is 20.5 Å². The van der Waals surface area contributed by atoms with Crippen molar-refractivity contribution in [1.82, 2.24) is 14.8 Å². The van der Waals surface area contributed by atoms with E-state index in [2.05, 4.69) is 33.6 Å². The highest BCUT2D eigenvalue weighted by Gasteiger charge is 2.44. The Morgan fingerprint density at radius 2 is 2.04 bits per heavy atom. The molecule has 2 aliphatic rings. The summed E-state index contributed by atoms with van der Waals surface area (Å²) in [4.78, 5) is 17.3. The van der Waals surface area contributed by atoms with Crippen molar-refractivity contribution in [2.75, 3.05) is 5.32 Å². The lowest BCUT2D eigenvalue weighted by Crippen LogP contribution is -2.39. The van der Waals surface area contributed by atoms with Crippen LogP contribution in [-0.2, 0) is 4.79 Å². The Morgan fingerprint density at radius 3 is 2.84 bits per heavy atom. The van der Waals surface area contributed by atoms with Crippen LogP contribution < -0.4 is 5.32 Å². The summed E-state index contributed by atoms with van der Waals surface area (Å²) in [6, 6.07) is 13.5. The molecule has 0 fully saturated rings. The highest BCUT2D eigenvalue weighted by Crippen LogP contribution is 2.43. The summed E-state index contributed by atoms with van der Waals surface area (Å²) in [6.07, 6.45) is 5.74. The topological polar surface area (TPSA) is 73.0 Å². The van der Waals surface area contributed by atoms with Gasteiger partial charge < -0.3 is 9.73 Å². The fraction of sp³-hybridized carbons (Fsp3) is 0.211. The molecule has 6 nitrogen and oxygen atoms in total. The Labute approximate surface area is 144 Å². The first-order valence-corrected chi connectivity index (χ1v) is 8.30. The third-order valence-electron chi connectivity index (χ3n) is 4.95. The van der Waals surface area contributed by atoms with Crippen molar-refractivity contribution < 1.29 is 9.21 Å². The van der Waals surface area contributed by atoms with E-state index >= 15 is 0 Å². The van der Waals surface area contributed by atoms with Crippen LogP contribution in [0.5, 0.6) is 0 Å². The van der Waals surface area contributed by atoms with Gasteiger partial charge in [-0.05, 0) is 17.7 Å². The number of carbonyl (C=O) groups is 1. The summed E-state index contributed by atoms with van der Waals surface area (Å²) in [5.41, 5.74) is 2.03. The zero-order valence-electron chi connectivity index (χ0n) is 13.4. The average molecular weight is 332 g/mol. The van der Waals surface area contributed by atoms with Crippen LogP contribution in [0.2, 0.25) is 0 Å². The third kappa shape index (κ3) is 2.21. The van der Waals surface area contributed by atoms with Gasteiger partial charge in [0.15, 0.2) is 0 Å². The van der Waals surface area contributed by atoms with Crippen LogP contribution in [0.4, 0.5) is 5.95 Å². The number of allylic oxidation sites excluding steroid dienone is 2. The van der Waals surface area contributed by atoms with E-state index in [1.807, 2.05) is 30.3 Å². The molecule has 3 heterocycles. The van der Waals surface area contributed by atoms with Crippen molar-refractivity contribution in [2.45, 2.75) is 18.4 Å². The maximum absolute atomic E-state index is 13.1. The Bertz CT molecular complexity index is 943. The summed E-state index contributed by atoms with van der Waals surface area (Å²) in [5, 5.41) is 7.59. The Hall–Kier alpha value is -3.15. The number of Topliss-reactive ketones (excluding diaryl/α,β-unsaturated/α-hetero) is 1. The van der Waals surface area contributed by atoms with Gasteiger partial charge >= 0.3 is 0 Å². The van der Waals surface area contributed by atoms with Gasteiger partial charge in [-0.2, -0.15) is 10.1 Å². The van der Waals surface area contributed by atoms with Crippen LogP contribution in [0, 0.1) is 5.92 Å². The summed E-state index contributed by atoms with van der Waals surface area (Å²) >= 11 is 0. The molecule has 0 spiro atoms. The summed E-state index contributed by atoms with van der Waals surface area (Å²) in [7, 11) is 0. The number of carbonyl (C=O) groups excluding carboxylic acids is 1. The first kappa shape index (κ1) is 14.2. The smallest absolute Gasteiger partial charge is 0.226 e. The molecule has 0 saturated heterocycles. The lowest BCUT2D eigenvalue weighted by Gasteiger charge is -2.36. The minimum atomic E-state index is -0.333. The molecule has 5 rings (SSSR count). The molecule has 1 N–H and O–H groups in total. The van der Waals surface area contributed by atoms with Gasteiger partial charge in [-0.1, -0.05) is 36.4 Å². The molecule has 1 aliphatic carbocycles. The number of benzene rings is 1. The van der Waals surface area contributed by atoms with Crippen molar-refractivity contribution in [2.24, 2.45) is 5.92 Å². The minimum absolute atomic E-state index is 0.0687. The second-order valence-corrected chi connectivity index (χ2v) is 6.40. The predicted octanol–water partition coefficient (Wildman–Crippen LogP) is 3.14. The lowest BCUT2D eigenvalue weighted by atomic mass is 9.77. The van der Waals surface area contributed by atoms with E-state index in [0.717, 1.165) is 17.0 Å². The van der Waals surface area contributed by atoms with Crippen LogP contribution in [0.25, 0.3) is 0 Å². The molecule has 124 valence electrons. The van der Waals surface area contributed by atoms with Gasteiger partial charge in [-0.15, -0.1) is 0 Å². The lowest BCUT2D eigenvalue weighted by molar-refractivity contribution is -0.123. The molecular formula is C19H16N4O2. The molecule has 0 radical (unpaired) electrons. The van der Waals surface area contributed by atoms with E-state index in [1.54, 1.807) is 10.9 Å². The van der Waals surface area contributed by atoms with Crippen molar-refractivity contribution in [1.29, 1.82) is 0 Å². The van der Waals surface area contributed by atoms with Crippen molar-refractivity contribution in [3.8, 4) is 0 Å². The quantitative estimate of drug-likeness (QED) is 0.780. The predicted molar refractivity (Wildman–Crippen MR) is 90.9 cm³/mol. The largest absolute Gasteiger partial charge is 0.467 e. The number of furan rings is 1. The number of fused-ring (bicyclic) bond motifs is 2. The summed E-state index contributed by atoms with van der Waals surface area (Å²) < 4.78 is 7.35. The molecule has 2 aromatic heterocycles. The Kier molecular flexibility index (Phi) is 3.09. The molecular weight excluding hydrogens is 316 g/mol. The van der Waals surface area contributed by atoms with Crippen molar-refractivity contribution in [3.05, 3.63) is 78.2 Å². The van der Waals surface area contributed by atoms with Crippen LogP contribution in [0.3, 0.4) is 0 Å². The normalized spacial score (nSPS) is 24.9. The molecule has 0 bridgehead atoms. The van der Waals surface area contributed by atoms with E-state index in [9.17, 15) is 4.79 Å². The molecule has 1 aliphatic heterocycles. The van der Waals surface area contributed by atoms with Crippen molar-refractivity contribution >= 4 is 11.7 Å². The maximum Gasteiger partial charge on any atom is 0.226 e. The first-order chi connectivity index (χ1) is 12.3. The summed E-state index contributed by atoms with van der Waals surface area (Å²) in [5.74, 6) is 1.27. The van der Waals surface area contributed by atoms with Gasteiger partial charge in [0, 0.05) is 18.0 Å². The molecule has 1 aromatic carbocycles. The molecule has 25 heavy (non-hydrogen) atoms. The van der Waals surface area contributed by atoms with Gasteiger partial charge in [0.2, 0.25) is 5.95 Å². The monoisotopic (exact) mass is 332 g/mol. The molecule has 0 saturated carbocycles. The number of nitrogens with zero attached hydrogens (tertiary/aromatic N) is 3. The number of hydrogen-bond donors (Lipinski definition) is 1. The Balaban J connectivity index is 1.62. The van der Waals surface area contributed by atoms with Gasteiger partial charge in [0.25, 0.3) is 0 Å². The highest BCUT2D eigenvalue weighted by molar-refractivity contribution is 5.88. The number of aromatic nitrogens is 3. The van der Waals surface area contributed by atoms with Gasteiger partial charge in [0.05, 0.1) is 12.2 Å². The molecule has 3 atom stereocenters. The molecule has 3 aromatic rings. The number of nitrogens with one attached hydrogen (secondary N) is 1. The van der Waals surface area contributed by atoms with E-state index in [-0.39, 0.29) is 23.7 Å². The second-order valence-electron chi connectivity index (χ2n) is 6.40. The number of rotatable bonds is 2. The standard InChI is InChI=1S/C19H16N4O2/c24-15-10-13(12-5-2-1-3-6-12)9-14-17(15)18(16-7-4-8-25-16)23-19(22-14)20-11-21-23/h1-9,11,13,17-18H,10H2,(H,20,21,22)/t13-,17-,18-/m1/s1. The third-order valence-corrected chi connectivity index (χ3v) is 4.95. The SMILES string of the molecule is O=C1C[C@H](c2ccccc2)C=C2Nc3ncnn3[C@H](c3ccco3)[C@@H]12. The highest BCUT2D eigenvalue weighted by atomic mass is 16.3. The van der Waals surface area contributed by atoms with Crippen molar-refractivity contribution in [3.63, 3.8) is 0 Å². The fourth-order valence-corrected chi connectivity index (χ4v) is 3.83. The fourth-order valence-electron chi connectivity index (χ4n) is 3.83. The Morgan fingerprint density at radius 1 is 1.16 bits per heavy atom. The minimum Gasteiger partial charge on any atom is -0.467 e. The molecule has 0 unspecified atom stereocenters.